The predicted molar refractivity (Wildman–Crippen MR) is 164 cm³/mol. The fourth-order valence-electron chi connectivity index (χ4n) is 3.71. The number of hydrogen-bond donors (Lipinski definition) is 0. The molecule has 1 aromatic carbocycles. The summed E-state index contributed by atoms with van der Waals surface area (Å²) in [5.74, 6) is 0. The van der Waals surface area contributed by atoms with Gasteiger partial charge in [-0.15, -0.1) is 4.91 Å². The quantitative estimate of drug-likeness (QED) is 0.0906. The van der Waals surface area contributed by atoms with Gasteiger partial charge >= 0.3 is 28.1 Å². The van der Waals surface area contributed by atoms with Crippen molar-refractivity contribution in [3.8, 4) is 0 Å². The molecule has 1 radical (unpaired) electrons. The Balaban J connectivity index is 0.00000109. The van der Waals surface area contributed by atoms with E-state index in [4.69, 9.17) is 36.4 Å². The molecule has 0 spiro atoms. The zero-order valence-corrected chi connectivity index (χ0v) is 28.8. The summed E-state index contributed by atoms with van der Waals surface area (Å²) in [7, 11) is -12.2. The summed E-state index contributed by atoms with van der Waals surface area (Å²) in [4.78, 5) is 25.7. The Hall–Kier alpha value is -3.89. The second-order valence-corrected chi connectivity index (χ2v) is 12.4. The smallest absolute Gasteiger partial charge is 0.741 e. The molecule has 3 aromatic heterocycles. The van der Waals surface area contributed by atoms with Crippen LogP contribution in [-0.2, 0) is 63.5 Å². The Bertz CT molecular complexity index is 1520. The van der Waals surface area contributed by atoms with Crippen LogP contribution in [0.2, 0.25) is 0 Å². The van der Waals surface area contributed by atoms with Gasteiger partial charge in [-0.3, -0.25) is 24.8 Å². The third kappa shape index (κ3) is 19.9. The summed E-state index contributed by atoms with van der Waals surface area (Å²) in [5, 5.41) is 0. The van der Waals surface area contributed by atoms with Crippen LogP contribution in [0.3, 0.4) is 0 Å². The molecule has 0 N–H and O–H groups in total. The maximum atomic E-state index is 10.7. The summed E-state index contributed by atoms with van der Waals surface area (Å²) in [6, 6.07) is 28.9. The van der Waals surface area contributed by atoms with Crippen LogP contribution in [0, 0.1) is 4.91 Å². The van der Waals surface area contributed by atoms with Gasteiger partial charge in [0.1, 0.15) is 5.59 Å². The van der Waals surface area contributed by atoms with E-state index in [9.17, 15) is 26.3 Å². The Labute approximate surface area is 300 Å². The van der Waals surface area contributed by atoms with Gasteiger partial charge in [-0.1, -0.05) is 48.5 Å². The zero-order valence-electron chi connectivity index (χ0n) is 26.0. The van der Waals surface area contributed by atoms with Crippen molar-refractivity contribution in [2.75, 3.05) is 13.1 Å². The van der Waals surface area contributed by atoms with E-state index >= 15 is 0 Å². The van der Waals surface area contributed by atoms with E-state index in [1.807, 2.05) is 48.9 Å². The minimum Gasteiger partial charge on any atom is -0.741 e. The second kappa shape index (κ2) is 22.8. The molecule has 0 atom stereocenters. The van der Waals surface area contributed by atoms with Crippen LogP contribution in [0.5, 0.6) is 0 Å². The fourth-order valence-corrected chi connectivity index (χ4v) is 3.71. The normalized spacial score (nSPS) is 11.5. The Kier molecular flexibility index (Phi) is 21.1. The first kappa shape index (κ1) is 47.1. The van der Waals surface area contributed by atoms with E-state index < -0.39 is 31.3 Å². The van der Waals surface area contributed by atoms with E-state index in [0.717, 1.165) is 56.4 Å². The molecule has 0 unspecified atom stereocenters. The molecule has 0 aliphatic heterocycles. The Morgan fingerprint density at radius 2 is 0.804 bits per heavy atom. The molecule has 0 aliphatic rings. The van der Waals surface area contributed by atoms with Gasteiger partial charge in [0.05, 0.1) is 17.1 Å². The van der Waals surface area contributed by atoms with Crippen molar-refractivity contribution in [1.82, 2.24) is 30.3 Å². The maximum Gasteiger partial charge on any atom is 4.00 e. The molecule has 51 heavy (non-hydrogen) atoms. The monoisotopic (exact) mass is 807 g/mol. The minimum atomic E-state index is -6.09. The topological polar surface area (TPSA) is 199 Å². The molecule has 0 amide bonds. The van der Waals surface area contributed by atoms with Crippen molar-refractivity contribution in [2.45, 2.75) is 37.2 Å². The van der Waals surface area contributed by atoms with Gasteiger partial charge in [-0.2, -0.15) is 26.3 Å². The zero-order chi connectivity index (χ0) is 37.8. The molecule has 0 bridgehead atoms. The molecule has 0 aliphatic carbocycles. The Morgan fingerprint density at radius 3 is 1.06 bits per heavy atom. The van der Waals surface area contributed by atoms with Crippen LogP contribution in [0.4, 0.5) is 26.3 Å². The van der Waals surface area contributed by atoms with Crippen LogP contribution in [0.15, 0.2) is 104 Å². The van der Waals surface area contributed by atoms with Crippen LogP contribution < -0.4 is 5.59 Å². The molecule has 0 saturated heterocycles. The average molecular weight is 808 g/mol. The van der Waals surface area contributed by atoms with Gasteiger partial charge in [-0.05, 0) is 42.0 Å². The molecule has 277 valence electrons. The average Bonchev–Trinajstić information content (AvgIpc) is 3.05. The summed E-state index contributed by atoms with van der Waals surface area (Å²) in [6.45, 7) is 5.12. The largest absolute Gasteiger partial charge is 4.00 e. The molecule has 0 saturated carbocycles. The van der Waals surface area contributed by atoms with Gasteiger partial charge < -0.3 is 9.11 Å². The van der Waals surface area contributed by atoms with Gasteiger partial charge in [0, 0.05) is 57.9 Å². The number of nitroso groups, excluding NO2 is 1. The summed E-state index contributed by atoms with van der Waals surface area (Å²) < 4.78 is 118. The van der Waals surface area contributed by atoms with Crippen LogP contribution >= 0.6 is 0 Å². The second-order valence-electron chi connectivity index (χ2n) is 9.67. The van der Waals surface area contributed by atoms with Crippen molar-refractivity contribution in [3.63, 3.8) is 0 Å². The van der Waals surface area contributed by atoms with E-state index in [1.165, 1.54) is 5.56 Å². The van der Waals surface area contributed by atoms with Crippen molar-refractivity contribution in [1.29, 1.82) is 0 Å². The minimum absolute atomic E-state index is 0. The summed E-state index contributed by atoms with van der Waals surface area (Å²) in [5.41, 5.74) is -1.00. The third-order valence-corrected chi connectivity index (χ3v) is 7.02. The number of rotatable bonds is 11. The van der Waals surface area contributed by atoms with E-state index in [-0.39, 0.29) is 17.1 Å². The molecule has 22 heteroatoms. The van der Waals surface area contributed by atoms with Crippen molar-refractivity contribution in [2.24, 2.45) is 0 Å². The number of benzene rings is 1. The van der Waals surface area contributed by atoms with Gasteiger partial charge in [0.15, 0.2) is 20.2 Å². The van der Waals surface area contributed by atoms with Crippen molar-refractivity contribution < 1.29 is 69.4 Å². The van der Waals surface area contributed by atoms with Gasteiger partial charge in [0.2, 0.25) is 0 Å². The van der Waals surface area contributed by atoms with Crippen molar-refractivity contribution >= 4 is 20.2 Å². The maximum absolute atomic E-state index is 10.7. The van der Waals surface area contributed by atoms with Crippen LogP contribution in [-0.4, -0.2) is 74.8 Å². The first-order valence-corrected chi connectivity index (χ1v) is 16.6. The molecule has 13 nitrogen and oxygen atoms in total. The van der Waals surface area contributed by atoms with Crippen LogP contribution in [0.25, 0.3) is 0 Å². The number of pyridine rings is 3. The van der Waals surface area contributed by atoms with E-state index in [1.54, 1.807) is 0 Å². The molecule has 4 aromatic rings. The summed E-state index contributed by atoms with van der Waals surface area (Å²) >= 11 is 0. The standard InChI is InChI=1S/C27H29N5.2CHF3O3S.Fe.NO/c1-2-10-24(11-3-1)20-31(21-25-12-4-7-15-28-25)18-19-32(22-26-13-5-8-16-29-26)23-27-14-6-9-17-30-27;2*2-1(3,4)8(5,6)7;;1-2/h1-17H,18-23H2;2*(H,5,6,7);;/q;;;+4;/p-2. The molecular formula is C29H29F6FeN6O7S2+2. The molecule has 4 rings (SSSR count). The van der Waals surface area contributed by atoms with Crippen LogP contribution in [0.1, 0.15) is 22.6 Å². The molecule has 3 heterocycles. The number of nitrogens with zero attached hydrogens (tertiary/aromatic N) is 6. The molecular weight excluding hydrogens is 778 g/mol. The fraction of sp³-hybridized carbons (Fsp3) is 0.276. The number of aromatic nitrogens is 3. The summed E-state index contributed by atoms with van der Waals surface area (Å²) in [6.07, 6.45) is 5.58. The SMILES string of the molecule is O=S(=O)([O-])C(F)(F)F.O=S(=O)([O-])C(F)(F)F.[Fe+4].[N]=O.c1ccc(CN(CCN(Cc2ccccn2)Cc2ccccn2)Cc2ccccn2)cc1. The number of hydrogen-bond acceptors (Lipinski definition) is 12. The number of alkyl halides is 6. The predicted octanol–water partition coefficient (Wildman–Crippen LogP) is 4.23. The van der Waals surface area contributed by atoms with E-state index in [2.05, 4.69) is 79.3 Å². The van der Waals surface area contributed by atoms with Gasteiger partial charge in [0.25, 0.3) is 0 Å². The van der Waals surface area contributed by atoms with E-state index in [0.29, 0.717) is 0 Å². The third-order valence-electron chi connectivity index (χ3n) is 5.88. The van der Waals surface area contributed by atoms with Crippen molar-refractivity contribution in [3.05, 3.63) is 131 Å². The Morgan fingerprint density at radius 1 is 0.529 bits per heavy atom. The molecule has 0 fully saturated rings. The van der Waals surface area contributed by atoms with Gasteiger partial charge in [-0.25, -0.2) is 16.8 Å². The number of halogens is 6. The first-order chi connectivity index (χ1) is 23.3. The first-order valence-electron chi connectivity index (χ1n) is 13.8.